The molecule has 0 N–H and O–H groups in total. The van der Waals surface area contributed by atoms with Crippen LogP contribution < -0.4 is 0 Å². The van der Waals surface area contributed by atoms with Gasteiger partial charge in [0.25, 0.3) is 0 Å². The minimum atomic E-state index is -0.667. The molecule has 0 unspecified atom stereocenters. The molecule has 0 aliphatic rings. The van der Waals surface area contributed by atoms with Crippen LogP contribution in [0, 0.1) is 6.26 Å². The van der Waals surface area contributed by atoms with Crippen LogP contribution in [0.1, 0.15) is 0 Å². The molecule has 0 aliphatic carbocycles. The summed E-state index contributed by atoms with van der Waals surface area (Å²) in [6, 6.07) is 0. The average Bonchev–Trinajstić information content (AvgIpc) is 2.14. The normalized spacial score (nSPS) is 3.75. The first-order valence-electron chi connectivity index (χ1n) is 2.13. The van der Waals surface area contributed by atoms with Gasteiger partial charge in [0.05, 0.1) is 0 Å². The Morgan fingerprint density at radius 3 is 0.938 bits per heavy atom. The van der Waals surface area contributed by atoms with E-state index in [1.807, 2.05) is 6.26 Å². The zero-order valence-corrected chi connectivity index (χ0v) is 10.3. The van der Waals surface area contributed by atoms with Crippen molar-refractivity contribution in [3.05, 3.63) is 6.26 Å². The zero-order valence-electron chi connectivity index (χ0n) is 8.13. The molecule has 0 rings (SSSR count). The quantitative estimate of drug-likeness (QED) is 0.374. The predicted octanol–water partition coefficient (Wildman–Crippen LogP) is 1.91. The molecule has 0 heterocycles. The first-order chi connectivity index (χ1) is 6.15. The van der Waals surface area contributed by atoms with Crippen LogP contribution in [0.4, 0.5) is 32.1 Å². The Morgan fingerprint density at radius 1 is 0.938 bits per heavy atom. The van der Waals surface area contributed by atoms with Crippen LogP contribution in [-0.4, -0.2) is 44.3 Å². The van der Waals surface area contributed by atoms with Gasteiger partial charge in [-0.15, -0.1) is 0 Å². The maximum Gasteiger partial charge on any atom is 0 e. The molecule has 10 radical (unpaired) electrons. The van der Waals surface area contributed by atoms with Crippen LogP contribution in [0.15, 0.2) is 0 Å². The van der Waals surface area contributed by atoms with E-state index >= 15 is 0 Å². The van der Waals surface area contributed by atoms with Crippen molar-refractivity contribution in [1.82, 2.24) is 0 Å². The monoisotopic (exact) mass is 301 g/mol. The topological polar surface area (TPSA) is 0 Å². The van der Waals surface area contributed by atoms with Gasteiger partial charge in [-0.1, -0.05) is 0 Å². The number of thioether (sulfide) groups is 1. The Bertz CT molecular complexity index is 42.0. The summed E-state index contributed by atoms with van der Waals surface area (Å²) in [5.41, 5.74) is 0. The third-order valence-corrected chi connectivity index (χ3v) is 0. The van der Waals surface area contributed by atoms with Crippen molar-refractivity contribution in [1.29, 1.82) is 0 Å². The largest absolute Gasteiger partial charge is 0.357 e. The molecule has 0 aromatic rings. The van der Waals surface area contributed by atoms with Crippen molar-refractivity contribution in [3.8, 4) is 0 Å². The summed E-state index contributed by atoms with van der Waals surface area (Å²) >= 11 is 1.50. The van der Waals surface area contributed by atoms with E-state index < -0.39 is 6.39 Å². The fraction of sp³-hybridized carbons (Fsp3) is 0.500. The Kier molecular flexibility index (Phi) is 513. The summed E-state index contributed by atoms with van der Waals surface area (Å²) in [4.78, 5) is 0. The van der Waals surface area contributed by atoms with Gasteiger partial charge >= 0.3 is 0 Å². The number of halogens is 7. The Balaban J connectivity index is -0.00000000824. The van der Waals surface area contributed by atoms with Crippen LogP contribution in [-0.2, 0) is 18.6 Å². The van der Waals surface area contributed by atoms with Crippen molar-refractivity contribution in [2.45, 2.75) is 0 Å². The van der Waals surface area contributed by atoms with Gasteiger partial charge in [0.15, 0.2) is 0 Å². The molecule has 0 saturated heterocycles. The van der Waals surface area contributed by atoms with E-state index in [0.29, 0.717) is 0 Å². The van der Waals surface area contributed by atoms with E-state index in [4.69, 9.17) is 27.4 Å². The molecule has 0 spiro atoms. The molecular formula is C2H6B5F7SV-. The van der Waals surface area contributed by atoms with Crippen molar-refractivity contribution >= 4 is 49.8 Å². The van der Waals surface area contributed by atoms with Crippen LogP contribution in [0.2, 0.25) is 0 Å². The molecule has 0 fully saturated rings. The van der Waals surface area contributed by atoms with E-state index in [1.165, 1.54) is 11.8 Å². The summed E-state index contributed by atoms with van der Waals surface area (Å²) in [6.07, 6.45) is 4.67. The van der Waals surface area contributed by atoms with Gasteiger partial charge in [-0.2, -0.15) is 0 Å². The van der Waals surface area contributed by atoms with Gasteiger partial charge in [-0.3, -0.25) is 11.0 Å². The standard InChI is InChI=1S/C2H5S.B4.B.3F2.FH.V/c1-3-2;1-4(2)3;;3*1-2;;/h1H2,2H3;;;;;;1H;/q-1;;;;;;;. The maximum atomic E-state index is 8.00. The molecule has 0 aliphatic heterocycles. The van der Waals surface area contributed by atoms with E-state index in [0.717, 1.165) is 0 Å². The van der Waals surface area contributed by atoms with E-state index in [1.54, 1.807) is 0 Å². The second kappa shape index (κ2) is 151. The van der Waals surface area contributed by atoms with E-state index in [-0.39, 0.29) is 31.7 Å². The van der Waals surface area contributed by atoms with Gasteiger partial charge in [0, 0.05) is 84.0 Å². The molecule has 0 bridgehead atoms. The number of hydrogen-bond donors (Lipinski definition) is 0. The summed E-state index contributed by atoms with van der Waals surface area (Å²) < 4.78 is 48.0. The average molecular weight is 300 g/mol. The second-order valence-electron chi connectivity index (χ2n) is 0.866. The molecule has 0 aromatic carbocycles. The zero-order chi connectivity index (χ0) is 12.3. The second-order valence-corrected chi connectivity index (χ2v) is 1.44. The third-order valence-electron chi connectivity index (χ3n) is 0. The van der Waals surface area contributed by atoms with Crippen molar-refractivity contribution in [2.75, 3.05) is 6.26 Å². The van der Waals surface area contributed by atoms with Gasteiger partial charge < -0.3 is 11.8 Å². The molecule has 0 nitrogen and oxygen atoms in total. The van der Waals surface area contributed by atoms with Gasteiger partial charge in [0.1, 0.15) is 0 Å². The van der Waals surface area contributed by atoms with Crippen molar-refractivity contribution in [2.24, 2.45) is 0 Å². The van der Waals surface area contributed by atoms with Gasteiger partial charge in [0.2, 0.25) is 0 Å². The minimum Gasteiger partial charge on any atom is -0.357 e. The molecule has 0 aromatic heterocycles. The Hall–Kier alpha value is 0.769. The number of hydrogen-bond acceptors (Lipinski definition) is 1. The molecule has 14 heteroatoms. The SMILES string of the molecule is F.FF.FF.FF.[B].[B]B([B])[B].[CH2-]SC.[V]. The fourth-order valence-electron chi connectivity index (χ4n) is 0. The van der Waals surface area contributed by atoms with Gasteiger partial charge in [-0.05, 0) is 6.26 Å². The smallest absolute Gasteiger partial charge is 0 e. The van der Waals surface area contributed by atoms with Gasteiger partial charge in [-0.25, -0.2) is 0 Å². The summed E-state index contributed by atoms with van der Waals surface area (Å²) in [6.45, 7) is 0. The van der Waals surface area contributed by atoms with Crippen LogP contribution in [0.5, 0.6) is 0 Å². The Labute approximate surface area is 113 Å². The summed E-state index contributed by atoms with van der Waals surface area (Å²) in [5, 5.41) is 0. The molecule has 0 saturated carbocycles. The van der Waals surface area contributed by atoms with Crippen LogP contribution >= 0.6 is 11.8 Å². The molecule has 0 atom stereocenters. The Morgan fingerprint density at radius 2 is 0.938 bits per heavy atom. The van der Waals surface area contributed by atoms with Crippen molar-refractivity contribution in [3.63, 3.8) is 0 Å². The molecule has 0 amide bonds. The maximum absolute atomic E-state index is 8.00. The number of rotatable bonds is 0. The molecular weight excluding hydrogens is 294 g/mol. The molecule has 90 valence electrons. The first-order valence-corrected chi connectivity index (χ1v) is 3.52. The van der Waals surface area contributed by atoms with Crippen LogP contribution in [0.25, 0.3) is 0 Å². The predicted molar refractivity (Wildman–Crippen MR) is 56.8 cm³/mol. The minimum absolute atomic E-state index is 0. The first kappa shape index (κ1) is 54.2. The van der Waals surface area contributed by atoms with Crippen LogP contribution in [0.3, 0.4) is 0 Å². The van der Waals surface area contributed by atoms with E-state index in [2.05, 4.69) is 29.5 Å². The fourth-order valence-corrected chi connectivity index (χ4v) is 0. The summed E-state index contributed by atoms with van der Waals surface area (Å²) in [7, 11) is 14.0. The third kappa shape index (κ3) is 4730. The van der Waals surface area contributed by atoms with Crippen molar-refractivity contribution < 1.29 is 50.7 Å². The van der Waals surface area contributed by atoms with E-state index in [9.17, 15) is 0 Å². The summed E-state index contributed by atoms with van der Waals surface area (Å²) in [5.74, 6) is 0. The molecule has 16 heavy (non-hydrogen) atoms.